The van der Waals surface area contributed by atoms with E-state index in [2.05, 4.69) is 44.3 Å². The third-order valence-corrected chi connectivity index (χ3v) is 3.89. The quantitative estimate of drug-likeness (QED) is 0.832. The fourth-order valence-electron chi connectivity index (χ4n) is 2.34. The Morgan fingerprint density at radius 3 is 2.95 bits per heavy atom. The van der Waals surface area contributed by atoms with Crippen molar-refractivity contribution in [3.8, 4) is 0 Å². The van der Waals surface area contributed by atoms with Gasteiger partial charge in [0.25, 0.3) is 0 Å². The molecule has 0 aliphatic heterocycles. The lowest BCUT2D eigenvalue weighted by Gasteiger charge is -2.21. The van der Waals surface area contributed by atoms with E-state index in [0.717, 1.165) is 29.0 Å². The van der Waals surface area contributed by atoms with Gasteiger partial charge in [-0.1, -0.05) is 6.92 Å². The van der Waals surface area contributed by atoms with E-state index in [9.17, 15) is 0 Å². The molecule has 2 aromatic heterocycles. The van der Waals surface area contributed by atoms with Crippen molar-refractivity contribution in [2.75, 3.05) is 20.3 Å². The first-order chi connectivity index (χ1) is 10.2. The van der Waals surface area contributed by atoms with Crippen molar-refractivity contribution in [2.45, 2.75) is 26.4 Å². The van der Waals surface area contributed by atoms with Crippen LogP contribution in [0.4, 0.5) is 0 Å². The molecule has 2 heterocycles. The Morgan fingerprint density at radius 1 is 1.48 bits per heavy atom. The second-order valence-electron chi connectivity index (χ2n) is 4.81. The zero-order valence-electron chi connectivity index (χ0n) is 12.6. The van der Waals surface area contributed by atoms with Crippen LogP contribution < -0.4 is 5.32 Å². The molecule has 21 heavy (non-hydrogen) atoms. The Morgan fingerprint density at radius 2 is 2.29 bits per heavy atom. The molecule has 0 saturated heterocycles. The van der Waals surface area contributed by atoms with Gasteiger partial charge in [0.05, 0.1) is 35.6 Å². The molecule has 0 spiro atoms. The summed E-state index contributed by atoms with van der Waals surface area (Å²) in [5.41, 5.74) is 3.30. The van der Waals surface area contributed by atoms with Gasteiger partial charge in [-0.05, 0) is 47.1 Å². The van der Waals surface area contributed by atoms with Gasteiger partial charge in [-0.3, -0.25) is 9.67 Å². The van der Waals surface area contributed by atoms with Crippen LogP contribution >= 0.6 is 15.9 Å². The molecule has 1 unspecified atom stereocenters. The van der Waals surface area contributed by atoms with Crippen molar-refractivity contribution in [1.82, 2.24) is 20.1 Å². The molecule has 0 aliphatic carbocycles. The normalized spacial score (nSPS) is 12.6. The second kappa shape index (κ2) is 7.68. The maximum Gasteiger partial charge on any atom is 0.0761 e. The minimum atomic E-state index is 0.0745. The third kappa shape index (κ3) is 3.90. The van der Waals surface area contributed by atoms with Gasteiger partial charge < -0.3 is 10.1 Å². The molecule has 114 valence electrons. The minimum absolute atomic E-state index is 0.0745. The molecule has 1 N–H and O–H groups in total. The van der Waals surface area contributed by atoms with Gasteiger partial charge in [0.2, 0.25) is 0 Å². The van der Waals surface area contributed by atoms with E-state index in [0.29, 0.717) is 6.61 Å². The fourth-order valence-corrected chi connectivity index (χ4v) is 2.86. The van der Waals surface area contributed by atoms with E-state index in [1.807, 2.05) is 30.1 Å². The average molecular weight is 353 g/mol. The molecule has 0 amide bonds. The van der Waals surface area contributed by atoms with Crippen LogP contribution in [-0.4, -0.2) is 35.0 Å². The van der Waals surface area contributed by atoms with Gasteiger partial charge in [0, 0.05) is 19.0 Å². The molecule has 0 radical (unpaired) electrons. The van der Waals surface area contributed by atoms with E-state index >= 15 is 0 Å². The van der Waals surface area contributed by atoms with Gasteiger partial charge in [-0.25, -0.2) is 0 Å². The van der Waals surface area contributed by atoms with Gasteiger partial charge in [0.1, 0.15) is 0 Å². The zero-order chi connectivity index (χ0) is 15.2. The van der Waals surface area contributed by atoms with Crippen LogP contribution in [0.3, 0.4) is 0 Å². The Bertz CT molecular complexity index is 585. The van der Waals surface area contributed by atoms with E-state index < -0.39 is 0 Å². The van der Waals surface area contributed by atoms with Crippen molar-refractivity contribution in [1.29, 1.82) is 0 Å². The summed E-state index contributed by atoms with van der Waals surface area (Å²) in [6.07, 6.45) is 3.68. The van der Waals surface area contributed by atoms with E-state index in [-0.39, 0.29) is 6.04 Å². The first-order valence-corrected chi connectivity index (χ1v) is 7.82. The average Bonchev–Trinajstić information content (AvgIpc) is 2.83. The molecule has 0 fully saturated rings. The molecule has 0 saturated carbocycles. The number of aromatic nitrogens is 3. The monoisotopic (exact) mass is 352 g/mol. The molecular weight excluding hydrogens is 332 g/mol. The smallest absolute Gasteiger partial charge is 0.0761 e. The second-order valence-corrected chi connectivity index (χ2v) is 5.67. The van der Waals surface area contributed by atoms with E-state index in [1.165, 1.54) is 5.56 Å². The largest absolute Gasteiger partial charge is 0.383 e. The number of halogens is 1. The highest BCUT2D eigenvalue weighted by Crippen LogP contribution is 2.28. The van der Waals surface area contributed by atoms with E-state index in [4.69, 9.17) is 4.74 Å². The highest BCUT2D eigenvalue weighted by molar-refractivity contribution is 9.10. The summed E-state index contributed by atoms with van der Waals surface area (Å²) in [6, 6.07) is 4.22. The van der Waals surface area contributed by atoms with Gasteiger partial charge in [-0.15, -0.1) is 0 Å². The van der Waals surface area contributed by atoms with Crippen molar-refractivity contribution in [3.05, 3.63) is 46.0 Å². The molecule has 5 nitrogen and oxygen atoms in total. The predicted molar refractivity (Wildman–Crippen MR) is 86.3 cm³/mol. The zero-order valence-corrected chi connectivity index (χ0v) is 14.2. The van der Waals surface area contributed by atoms with E-state index in [1.54, 1.807) is 7.11 Å². The molecule has 6 heteroatoms. The number of rotatable bonds is 7. The lowest BCUT2D eigenvalue weighted by molar-refractivity contribution is 0.182. The standard InChI is InChI=1S/C15H21BrN4O/c1-4-17-14(12-5-6-18-11(2)9-12)15-13(16)10-19-20(15)7-8-21-3/h5-6,9-10,14,17H,4,7-8H2,1-3H3. The molecule has 2 aromatic rings. The molecule has 0 aliphatic rings. The van der Waals surface area contributed by atoms with Crippen LogP contribution in [0.2, 0.25) is 0 Å². The number of pyridine rings is 1. The number of nitrogens with one attached hydrogen (secondary N) is 1. The maximum absolute atomic E-state index is 5.17. The topological polar surface area (TPSA) is 52.0 Å². The van der Waals surface area contributed by atoms with Crippen LogP contribution in [0, 0.1) is 6.92 Å². The number of ether oxygens (including phenoxy) is 1. The number of hydrogen-bond acceptors (Lipinski definition) is 4. The lowest BCUT2D eigenvalue weighted by Crippen LogP contribution is -2.26. The fraction of sp³-hybridized carbons (Fsp3) is 0.467. The SMILES string of the molecule is CCNC(c1ccnc(C)c1)c1c(Br)cnn1CCOC. The lowest BCUT2D eigenvalue weighted by atomic mass is 10.0. The van der Waals surface area contributed by atoms with Crippen molar-refractivity contribution in [3.63, 3.8) is 0 Å². The summed E-state index contributed by atoms with van der Waals surface area (Å²) in [4.78, 5) is 4.28. The highest BCUT2D eigenvalue weighted by atomic mass is 79.9. The van der Waals surface area contributed by atoms with Crippen molar-refractivity contribution >= 4 is 15.9 Å². The Kier molecular flexibility index (Phi) is 5.90. The molecule has 1 atom stereocenters. The number of aryl methyl sites for hydroxylation is 1. The van der Waals surface area contributed by atoms with Crippen molar-refractivity contribution < 1.29 is 4.74 Å². The van der Waals surface area contributed by atoms with Crippen LogP contribution in [0.5, 0.6) is 0 Å². The highest BCUT2D eigenvalue weighted by Gasteiger charge is 2.21. The van der Waals surface area contributed by atoms with Crippen molar-refractivity contribution in [2.24, 2.45) is 0 Å². The first-order valence-electron chi connectivity index (χ1n) is 7.03. The van der Waals surface area contributed by atoms with Crippen LogP contribution in [0.15, 0.2) is 29.0 Å². The Hall–Kier alpha value is -1.24. The summed E-state index contributed by atoms with van der Waals surface area (Å²) < 4.78 is 8.15. The summed E-state index contributed by atoms with van der Waals surface area (Å²) >= 11 is 3.62. The van der Waals surface area contributed by atoms with Crippen LogP contribution in [0.25, 0.3) is 0 Å². The summed E-state index contributed by atoms with van der Waals surface area (Å²) in [5, 5.41) is 7.97. The molecule has 0 aromatic carbocycles. The van der Waals surface area contributed by atoms with Gasteiger partial charge in [-0.2, -0.15) is 5.10 Å². The predicted octanol–water partition coefficient (Wildman–Crippen LogP) is 2.69. The van der Waals surface area contributed by atoms with Crippen LogP contribution in [0.1, 0.15) is 29.9 Å². The minimum Gasteiger partial charge on any atom is -0.383 e. The number of nitrogens with zero attached hydrogens (tertiary/aromatic N) is 3. The first kappa shape index (κ1) is 16.1. The van der Waals surface area contributed by atoms with Gasteiger partial charge in [0.15, 0.2) is 0 Å². The van der Waals surface area contributed by atoms with Gasteiger partial charge >= 0.3 is 0 Å². The third-order valence-electron chi connectivity index (χ3n) is 3.28. The number of methoxy groups -OCH3 is 1. The summed E-state index contributed by atoms with van der Waals surface area (Å²) in [7, 11) is 1.70. The number of hydrogen-bond donors (Lipinski definition) is 1. The Balaban J connectivity index is 2.40. The Labute approximate surface area is 133 Å². The molecular formula is C15H21BrN4O. The maximum atomic E-state index is 5.17. The molecule has 0 bridgehead atoms. The summed E-state index contributed by atoms with van der Waals surface area (Å²) in [5.74, 6) is 0. The van der Waals surface area contributed by atoms with Crippen LogP contribution in [-0.2, 0) is 11.3 Å². The summed E-state index contributed by atoms with van der Waals surface area (Å²) in [6.45, 7) is 6.33. The molecule has 2 rings (SSSR count).